The standard InChI is InChI=1S/C6H5IO2.2C2HF3O2/c8-7(9)6-4-2-1-3-5-6;2*3-2(4,5)1(6)7/h1-5H;2*(H,6,7). The Hall–Kier alpha value is -1.93. The highest BCUT2D eigenvalue weighted by molar-refractivity contribution is 14.2. The normalized spacial score (nSPS) is 10.7. The van der Waals surface area contributed by atoms with E-state index < -0.39 is 44.1 Å². The molecule has 13 heteroatoms. The molecule has 0 spiro atoms. The number of hydrogen-bond donors (Lipinski definition) is 2. The number of alkyl halides is 6. The van der Waals surface area contributed by atoms with Gasteiger partial charge in [-0.2, -0.15) is 26.3 Å². The molecule has 0 unspecified atom stereocenters. The predicted octanol–water partition coefficient (Wildman–Crippen LogP) is 3.32. The van der Waals surface area contributed by atoms with Crippen LogP contribution in [-0.4, -0.2) is 34.5 Å². The van der Waals surface area contributed by atoms with Crippen LogP contribution in [0, 0.1) is 3.57 Å². The van der Waals surface area contributed by atoms with Crippen molar-refractivity contribution < 1.29 is 52.3 Å². The highest BCUT2D eigenvalue weighted by Gasteiger charge is 2.38. The Morgan fingerprint density at radius 1 is 0.783 bits per heavy atom. The van der Waals surface area contributed by atoms with Gasteiger partial charge in [0.05, 0.1) is 3.57 Å². The molecule has 0 aliphatic carbocycles. The van der Waals surface area contributed by atoms with Gasteiger partial charge in [-0.1, -0.05) is 18.2 Å². The fraction of sp³-hybridized carbons (Fsp3) is 0.200. The Morgan fingerprint density at radius 3 is 1.17 bits per heavy atom. The lowest BCUT2D eigenvalue weighted by molar-refractivity contribution is -0.193. The van der Waals surface area contributed by atoms with Crippen molar-refractivity contribution in [2.75, 3.05) is 0 Å². The minimum absolute atomic E-state index is 0.460. The molecular weight excluding hydrogens is 457 g/mol. The van der Waals surface area contributed by atoms with E-state index in [1.807, 2.05) is 0 Å². The zero-order valence-electron chi connectivity index (χ0n) is 10.6. The Balaban J connectivity index is 0. The van der Waals surface area contributed by atoms with Gasteiger partial charge in [0.1, 0.15) is 0 Å². The fourth-order valence-corrected chi connectivity index (χ4v) is 1.52. The van der Waals surface area contributed by atoms with Crippen LogP contribution in [0.4, 0.5) is 26.3 Å². The second-order valence-corrected chi connectivity index (χ2v) is 5.60. The molecule has 0 fully saturated rings. The Labute approximate surface area is 130 Å². The van der Waals surface area contributed by atoms with Crippen LogP contribution >= 0.6 is 19.8 Å². The molecule has 1 aromatic carbocycles. The summed E-state index contributed by atoms with van der Waals surface area (Å²) in [4.78, 5) is 17.8. The lowest BCUT2D eigenvalue weighted by atomic mass is 10.4. The van der Waals surface area contributed by atoms with Gasteiger partial charge in [0.2, 0.25) is 0 Å². The molecule has 23 heavy (non-hydrogen) atoms. The smallest absolute Gasteiger partial charge is 0.475 e. The van der Waals surface area contributed by atoms with E-state index in [1.165, 1.54) is 0 Å². The summed E-state index contributed by atoms with van der Waals surface area (Å²) in [6.45, 7) is 0. The maximum atomic E-state index is 10.6. The molecule has 0 radical (unpaired) electrons. The van der Waals surface area contributed by atoms with Gasteiger partial charge in [-0.15, -0.1) is 0 Å². The van der Waals surface area contributed by atoms with Gasteiger partial charge in [0.25, 0.3) is 0 Å². The van der Waals surface area contributed by atoms with Gasteiger partial charge in [-0.25, -0.2) is 15.7 Å². The second kappa shape index (κ2) is 9.96. The minimum Gasteiger partial charge on any atom is -0.475 e. The van der Waals surface area contributed by atoms with Crippen molar-refractivity contribution in [3.05, 3.63) is 33.9 Å². The monoisotopic (exact) mass is 464 g/mol. The molecule has 1 rings (SSSR count). The molecule has 0 aliphatic rings. The highest BCUT2D eigenvalue weighted by atomic mass is 127. The predicted molar refractivity (Wildman–Crippen MR) is 67.9 cm³/mol. The third-order valence-corrected chi connectivity index (χ3v) is 3.13. The van der Waals surface area contributed by atoms with E-state index in [9.17, 15) is 32.5 Å². The van der Waals surface area contributed by atoms with Crippen molar-refractivity contribution in [1.82, 2.24) is 0 Å². The molecular formula is C10H7F6IO6. The number of rotatable bonds is 1. The van der Waals surface area contributed by atoms with E-state index in [4.69, 9.17) is 19.8 Å². The highest BCUT2D eigenvalue weighted by Crippen LogP contribution is 2.15. The molecule has 6 nitrogen and oxygen atoms in total. The van der Waals surface area contributed by atoms with Gasteiger partial charge >= 0.3 is 44.1 Å². The zero-order valence-corrected chi connectivity index (χ0v) is 12.7. The summed E-state index contributed by atoms with van der Waals surface area (Å²) < 4.78 is 84.6. The molecule has 0 bridgehead atoms. The topological polar surface area (TPSA) is 109 Å². The first-order chi connectivity index (χ1) is 10.2. The summed E-state index contributed by atoms with van der Waals surface area (Å²) in [5, 5.41) is 14.2. The van der Waals surface area contributed by atoms with Crippen molar-refractivity contribution in [3.63, 3.8) is 0 Å². The number of carbonyl (C=O) groups is 2. The van der Waals surface area contributed by atoms with Crippen LogP contribution in [0.2, 0.25) is 0 Å². The summed E-state index contributed by atoms with van der Waals surface area (Å²) in [5.74, 6) is -5.51. The van der Waals surface area contributed by atoms with E-state index in [0.29, 0.717) is 3.57 Å². The summed E-state index contributed by atoms with van der Waals surface area (Å²) in [7, 11) is 0. The SMILES string of the molecule is O=C(O)C(F)(F)F.O=C(O)C(F)(F)F.O=I(=O)c1ccccc1. The van der Waals surface area contributed by atoms with Crippen LogP contribution in [0.5, 0.6) is 0 Å². The van der Waals surface area contributed by atoms with Crippen LogP contribution in [0.3, 0.4) is 0 Å². The number of hydrogen-bond acceptors (Lipinski definition) is 4. The lowest BCUT2D eigenvalue weighted by Crippen LogP contribution is -2.21. The van der Waals surface area contributed by atoms with Crippen molar-refractivity contribution >= 4 is 31.7 Å². The largest absolute Gasteiger partial charge is 0.490 e. The maximum Gasteiger partial charge on any atom is 0.490 e. The average molecular weight is 464 g/mol. The van der Waals surface area contributed by atoms with Gasteiger partial charge in [-0.3, -0.25) is 0 Å². The van der Waals surface area contributed by atoms with Crippen molar-refractivity contribution in [2.24, 2.45) is 0 Å². The molecule has 0 atom stereocenters. The summed E-state index contributed by atoms with van der Waals surface area (Å²) >= 11 is -3.18. The quantitative estimate of drug-likeness (QED) is 0.488. The Bertz CT molecular complexity index is 546. The molecule has 0 heterocycles. The molecule has 0 amide bonds. The van der Waals surface area contributed by atoms with Crippen molar-refractivity contribution in [3.8, 4) is 0 Å². The first-order valence-corrected chi connectivity index (χ1v) is 7.74. The molecule has 1 aromatic rings. The van der Waals surface area contributed by atoms with Gasteiger partial charge in [0, 0.05) is 0 Å². The number of benzene rings is 1. The van der Waals surface area contributed by atoms with E-state index in [-0.39, 0.29) is 0 Å². The minimum atomic E-state index is -5.08. The zero-order chi connectivity index (χ0) is 18.8. The van der Waals surface area contributed by atoms with E-state index in [1.54, 1.807) is 30.3 Å². The molecule has 0 saturated carbocycles. The van der Waals surface area contributed by atoms with E-state index in [0.717, 1.165) is 0 Å². The first-order valence-electron chi connectivity index (χ1n) is 4.90. The van der Waals surface area contributed by atoms with Crippen LogP contribution < -0.4 is 0 Å². The summed E-state index contributed by atoms with van der Waals surface area (Å²) in [6, 6.07) is 8.43. The van der Waals surface area contributed by atoms with E-state index >= 15 is 0 Å². The van der Waals surface area contributed by atoms with Crippen LogP contribution in [0.1, 0.15) is 0 Å². The third-order valence-electron chi connectivity index (χ3n) is 1.40. The van der Waals surface area contributed by atoms with Crippen LogP contribution in [-0.2, 0) is 15.7 Å². The van der Waals surface area contributed by atoms with E-state index in [2.05, 4.69) is 0 Å². The number of carboxylic acids is 2. The maximum absolute atomic E-state index is 10.6. The van der Waals surface area contributed by atoms with Crippen molar-refractivity contribution in [1.29, 1.82) is 0 Å². The second-order valence-electron chi connectivity index (χ2n) is 3.12. The summed E-state index contributed by atoms with van der Waals surface area (Å²) in [5.41, 5.74) is 0. The van der Waals surface area contributed by atoms with Crippen LogP contribution in [0.25, 0.3) is 0 Å². The number of carboxylic acid groups (broad SMARTS) is 2. The van der Waals surface area contributed by atoms with Gasteiger partial charge in [-0.05, 0) is 12.1 Å². The lowest BCUT2D eigenvalue weighted by Gasteiger charge is -1.93. The number of halogens is 7. The molecule has 132 valence electrons. The molecule has 2 N–H and O–H groups in total. The average Bonchev–Trinajstić information content (AvgIpc) is 2.38. The fourth-order valence-electron chi connectivity index (χ4n) is 0.518. The van der Waals surface area contributed by atoms with Crippen molar-refractivity contribution in [2.45, 2.75) is 12.4 Å². The molecule has 0 aliphatic heterocycles. The number of aliphatic carboxylic acids is 2. The molecule has 0 saturated heterocycles. The Morgan fingerprint density at radius 2 is 1.04 bits per heavy atom. The van der Waals surface area contributed by atoms with Gasteiger partial charge in [0.15, 0.2) is 0 Å². The first kappa shape index (κ1) is 23.3. The van der Waals surface area contributed by atoms with Crippen LogP contribution in [0.15, 0.2) is 30.3 Å². The molecule has 0 aromatic heterocycles. The van der Waals surface area contributed by atoms with Gasteiger partial charge < -0.3 is 10.2 Å². The summed E-state index contributed by atoms with van der Waals surface area (Å²) in [6.07, 6.45) is -10.2. The third kappa shape index (κ3) is 13.5. The Kier molecular flexibility index (Phi) is 10.1.